The molecule has 1 spiro atoms. The van der Waals surface area contributed by atoms with Gasteiger partial charge in [-0.15, -0.1) is 0 Å². The standard InChI is InChI=1S/C19H20N2O3/c1-10(22)12-8-24-9-13-11(12)6-17-19(7-16(13)20-17)14-4-2-3-5-15(14)21-18(19)23/h2-5,8,11,13,16-17,20H,6-7,9H2,1H3,(H,21,23)/t11-,13+,16-,17-,19-/m0/s1. The second kappa shape index (κ2) is 4.70. The highest BCUT2D eigenvalue weighted by atomic mass is 16.5. The monoisotopic (exact) mass is 324 g/mol. The van der Waals surface area contributed by atoms with E-state index in [4.69, 9.17) is 4.74 Å². The largest absolute Gasteiger partial charge is 0.500 e. The molecule has 5 heteroatoms. The Labute approximate surface area is 140 Å². The van der Waals surface area contributed by atoms with Gasteiger partial charge in [-0.05, 0) is 37.3 Å². The number of Topliss-reactive ketones (excluding diaryl/α,β-unsaturated/α-hetero) is 1. The van der Waals surface area contributed by atoms with Gasteiger partial charge >= 0.3 is 0 Å². The Balaban J connectivity index is 1.59. The SMILES string of the molecule is CC(=O)C1=COC[C@H]2[C@@H]3C[C@@]4(C(=O)Nc5ccccc54)[C@H](C[C@@H]12)N3. The van der Waals surface area contributed by atoms with Crippen molar-refractivity contribution in [2.75, 3.05) is 11.9 Å². The molecule has 4 aliphatic heterocycles. The highest BCUT2D eigenvalue weighted by Gasteiger charge is 2.62. The molecule has 5 rings (SSSR count). The maximum atomic E-state index is 13.0. The summed E-state index contributed by atoms with van der Waals surface area (Å²) >= 11 is 0. The molecule has 1 amide bonds. The number of amides is 1. The molecular formula is C19H20N2O3. The first-order valence-electron chi connectivity index (χ1n) is 8.61. The summed E-state index contributed by atoms with van der Waals surface area (Å²) < 4.78 is 5.59. The molecule has 0 radical (unpaired) electrons. The lowest BCUT2D eigenvalue weighted by Crippen LogP contribution is -2.53. The van der Waals surface area contributed by atoms with Gasteiger partial charge in [-0.3, -0.25) is 9.59 Å². The third-order valence-electron chi connectivity index (χ3n) is 6.44. The van der Waals surface area contributed by atoms with Crippen LogP contribution in [0.5, 0.6) is 0 Å². The van der Waals surface area contributed by atoms with Crippen LogP contribution in [-0.2, 0) is 19.7 Å². The first-order valence-corrected chi connectivity index (χ1v) is 8.61. The van der Waals surface area contributed by atoms with Crippen molar-refractivity contribution in [3.8, 4) is 0 Å². The van der Waals surface area contributed by atoms with Gasteiger partial charge in [0, 0.05) is 29.3 Å². The summed E-state index contributed by atoms with van der Waals surface area (Å²) in [5.74, 6) is 0.616. The molecule has 5 nitrogen and oxygen atoms in total. The molecular weight excluding hydrogens is 304 g/mol. The summed E-state index contributed by atoms with van der Waals surface area (Å²) in [5.41, 5.74) is 2.30. The Morgan fingerprint density at radius 3 is 3.00 bits per heavy atom. The fourth-order valence-corrected chi connectivity index (χ4v) is 5.36. The van der Waals surface area contributed by atoms with Gasteiger partial charge in [0.25, 0.3) is 0 Å². The van der Waals surface area contributed by atoms with E-state index >= 15 is 0 Å². The lowest BCUT2D eigenvalue weighted by atomic mass is 9.72. The molecule has 0 unspecified atom stereocenters. The molecule has 2 fully saturated rings. The van der Waals surface area contributed by atoms with Crippen LogP contribution < -0.4 is 10.6 Å². The fraction of sp³-hybridized carbons (Fsp3) is 0.474. The number of ether oxygens (including phenoxy) is 1. The number of para-hydroxylation sites is 1. The number of hydrogen-bond acceptors (Lipinski definition) is 4. The van der Waals surface area contributed by atoms with Crippen molar-refractivity contribution >= 4 is 17.4 Å². The van der Waals surface area contributed by atoms with Crippen molar-refractivity contribution in [1.29, 1.82) is 0 Å². The van der Waals surface area contributed by atoms with Crippen LogP contribution in [0, 0.1) is 11.8 Å². The molecule has 0 saturated carbocycles. The van der Waals surface area contributed by atoms with Crippen LogP contribution in [-0.4, -0.2) is 30.4 Å². The molecule has 1 aromatic rings. The van der Waals surface area contributed by atoms with Crippen molar-refractivity contribution in [2.45, 2.75) is 37.3 Å². The number of hydrogen-bond donors (Lipinski definition) is 2. The minimum Gasteiger partial charge on any atom is -0.500 e. The molecule has 2 bridgehead atoms. The van der Waals surface area contributed by atoms with E-state index in [1.165, 1.54) is 0 Å². The van der Waals surface area contributed by atoms with Crippen molar-refractivity contribution in [1.82, 2.24) is 5.32 Å². The smallest absolute Gasteiger partial charge is 0.236 e. The number of carbonyl (C=O) groups is 2. The highest BCUT2D eigenvalue weighted by molar-refractivity contribution is 6.07. The molecule has 2 saturated heterocycles. The minimum atomic E-state index is -0.513. The molecule has 2 N–H and O–H groups in total. The number of nitrogens with one attached hydrogen (secondary N) is 2. The van der Waals surface area contributed by atoms with Gasteiger partial charge < -0.3 is 15.4 Å². The van der Waals surface area contributed by atoms with Gasteiger partial charge in [-0.1, -0.05) is 18.2 Å². The summed E-state index contributed by atoms with van der Waals surface area (Å²) in [5, 5.41) is 6.74. The number of ketones is 1. The van der Waals surface area contributed by atoms with Gasteiger partial charge in [-0.2, -0.15) is 0 Å². The second-order valence-corrected chi connectivity index (χ2v) is 7.47. The summed E-state index contributed by atoms with van der Waals surface area (Å²) in [6.07, 6.45) is 3.22. The zero-order chi connectivity index (χ0) is 16.5. The summed E-state index contributed by atoms with van der Waals surface area (Å²) in [4.78, 5) is 25.0. The van der Waals surface area contributed by atoms with E-state index in [0.29, 0.717) is 6.61 Å². The van der Waals surface area contributed by atoms with E-state index in [-0.39, 0.29) is 35.6 Å². The molecule has 0 aromatic heterocycles. The third kappa shape index (κ3) is 1.63. The van der Waals surface area contributed by atoms with Crippen LogP contribution in [0.3, 0.4) is 0 Å². The van der Waals surface area contributed by atoms with E-state index in [2.05, 4.69) is 16.7 Å². The van der Waals surface area contributed by atoms with Crippen molar-refractivity contribution in [3.05, 3.63) is 41.7 Å². The average molecular weight is 324 g/mol. The molecule has 0 aliphatic carbocycles. The number of anilines is 1. The molecule has 1 aromatic carbocycles. The van der Waals surface area contributed by atoms with Crippen LogP contribution in [0.4, 0.5) is 5.69 Å². The molecule has 124 valence electrons. The molecule has 4 heterocycles. The zero-order valence-electron chi connectivity index (χ0n) is 13.5. The van der Waals surface area contributed by atoms with Gasteiger partial charge in [0.15, 0.2) is 5.78 Å². The maximum Gasteiger partial charge on any atom is 0.236 e. The Kier molecular flexibility index (Phi) is 2.78. The van der Waals surface area contributed by atoms with Crippen LogP contribution >= 0.6 is 0 Å². The number of benzene rings is 1. The highest BCUT2D eigenvalue weighted by Crippen LogP contribution is 2.54. The lowest BCUT2D eigenvalue weighted by Gasteiger charge is -2.41. The van der Waals surface area contributed by atoms with E-state index in [1.807, 2.05) is 18.2 Å². The van der Waals surface area contributed by atoms with E-state index in [9.17, 15) is 9.59 Å². The lowest BCUT2D eigenvalue weighted by molar-refractivity contribution is -0.121. The van der Waals surface area contributed by atoms with Gasteiger partial charge in [0.2, 0.25) is 5.91 Å². The number of allylic oxidation sites excluding steroid dienone is 1. The Bertz CT molecular complexity index is 787. The maximum absolute atomic E-state index is 13.0. The van der Waals surface area contributed by atoms with Crippen LogP contribution in [0.1, 0.15) is 25.3 Å². The Morgan fingerprint density at radius 1 is 1.33 bits per heavy atom. The first-order chi connectivity index (χ1) is 11.6. The van der Waals surface area contributed by atoms with Crippen LogP contribution in [0.25, 0.3) is 0 Å². The topological polar surface area (TPSA) is 67.4 Å². The first kappa shape index (κ1) is 14.2. The number of rotatable bonds is 1. The predicted octanol–water partition coefficient (Wildman–Crippen LogP) is 1.75. The van der Waals surface area contributed by atoms with E-state index < -0.39 is 5.41 Å². The average Bonchev–Trinajstić information content (AvgIpc) is 3.04. The quantitative estimate of drug-likeness (QED) is 0.826. The minimum absolute atomic E-state index is 0.0632. The van der Waals surface area contributed by atoms with Crippen molar-refractivity contribution < 1.29 is 14.3 Å². The molecule has 24 heavy (non-hydrogen) atoms. The van der Waals surface area contributed by atoms with E-state index in [0.717, 1.165) is 29.7 Å². The fourth-order valence-electron chi connectivity index (χ4n) is 5.36. The van der Waals surface area contributed by atoms with Gasteiger partial charge in [0.05, 0.1) is 18.3 Å². The number of piperidine rings is 1. The third-order valence-corrected chi connectivity index (χ3v) is 6.44. The summed E-state index contributed by atoms with van der Waals surface area (Å²) in [6, 6.07) is 8.26. The summed E-state index contributed by atoms with van der Waals surface area (Å²) in [7, 11) is 0. The van der Waals surface area contributed by atoms with Gasteiger partial charge in [-0.25, -0.2) is 0 Å². The van der Waals surface area contributed by atoms with Crippen LogP contribution in [0.2, 0.25) is 0 Å². The van der Waals surface area contributed by atoms with E-state index in [1.54, 1.807) is 13.2 Å². The van der Waals surface area contributed by atoms with Crippen molar-refractivity contribution in [3.63, 3.8) is 0 Å². The van der Waals surface area contributed by atoms with Gasteiger partial charge in [0.1, 0.15) is 0 Å². The zero-order valence-corrected chi connectivity index (χ0v) is 13.5. The number of carbonyl (C=O) groups excluding carboxylic acids is 2. The van der Waals surface area contributed by atoms with Crippen LogP contribution in [0.15, 0.2) is 36.1 Å². The number of fused-ring (bicyclic) bond motifs is 7. The Hall–Kier alpha value is -2.14. The molecule has 5 atom stereocenters. The summed E-state index contributed by atoms with van der Waals surface area (Å²) in [6.45, 7) is 2.22. The molecule has 4 aliphatic rings. The van der Waals surface area contributed by atoms with Crippen molar-refractivity contribution in [2.24, 2.45) is 11.8 Å². The predicted molar refractivity (Wildman–Crippen MR) is 88.4 cm³/mol. The second-order valence-electron chi connectivity index (χ2n) is 7.47. The Morgan fingerprint density at radius 2 is 2.17 bits per heavy atom. The normalized spacial score (nSPS) is 38.9.